The molecular weight excluding hydrogens is 172 g/mol. The first-order chi connectivity index (χ1) is 6.76. The topological polar surface area (TPSA) is 20.2 Å². The van der Waals surface area contributed by atoms with Crippen molar-refractivity contribution in [1.29, 1.82) is 0 Å². The van der Waals surface area contributed by atoms with Gasteiger partial charge in [0.25, 0.3) is 0 Å². The average molecular weight is 196 g/mol. The standard InChI is InChI=1S/C13H24O/c1-4-7-8-9-10-11-12(5-2)13(14)6-3/h13-14H,2,4,6-11H2,1,3H3/t13-/m0/s1. The van der Waals surface area contributed by atoms with Crippen LogP contribution in [0.25, 0.3) is 0 Å². The summed E-state index contributed by atoms with van der Waals surface area (Å²) >= 11 is 0. The molecule has 0 unspecified atom stereocenters. The van der Waals surface area contributed by atoms with Gasteiger partial charge in [-0.25, -0.2) is 0 Å². The van der Waals surface area contributed by atoms with Crippen molar-refractivity contribution in [2.75, 3.05) is 0 Å². The van der Waals surface area contributed by atoms with Crippen LogP contribution in [0.4, 0.5) is 0 Å². The van der Waals surface area contributed by atoms with Crippen LogP contribution in [0.3, 0.4) is 0 Å². The van der Waals surface area contributed by atoms with E-state index in [0.29, 0.717) is 0 Å². The Bertz CT molecular complexity index is 178. The van der Waals surface area contributed by atoms with E-state index in [1.807, 2.05) is 6.92 Å². The van der Waals surface area contributed by atoms with Crippen LogP contribution in [-0.4, -0.2) is 11.2 Å². The Labute approximate surface area is 88.5 Å². The third-order valence-corrected chi connectivity index (χ3v) is 2.57. The predicted molar refractivity (Wildman–Crippen MR) is 62.3 cm³/mol. The number of aliphatic hydroxyl groups excluding tert-OH is 1. The summed E-state index contributed by atoms with van der Waals surface area (Å²) < 4.78 is 0. The number of aliphatic hydroxyl groups is 1. The molecule has 0 aliphatic rings. The van der Waals surface area contributed by atoms with Gasteiger partial charge < -0.3 is 5.11 Å². The van der Waals surface area contributed by atoms with Crippen molar-refractivity contribution in [3.05, 3.63) is 17.9 Å². The third kappa shape index (κ3) is 6.01. The summed E-state index contributed by atoms with van der Waals surface area (Å²) in [6, 6.07) is 0. The zero-order valence-corrected chi connectivity index (χ0v) is 9.68. The molecule has 0 spiro atoms. The molecule has 0 saturated carbocycles. The summed E-state index contributed by atoms with van der Waals surface area (Å²) in [4.78, 5) is 0. The molecule has 0 radical (unpaired) electrons. The Morgan fingerprint density at radius 3 is 2.36 bits per heavy atom. The molecule has 82 valence electrons. The molecule has 0 heterocycles. The first-order valence-corrected chi connectivity index (χ1v) is 5.83. The molecule has 0 amide bonds. The van der Waals surface area contributed by atoms with Crippen LogP contribution in [0.1, 0.15) is 58.8 Å². The lowest BCUT2D eigenvalue weighted by atomic mass is 10.0. The van der Waals surface area contributed by atoms with E-state index in [1.165, 1.54) is 25.7 Å². The molecule has 0 aromatic heterocycles. The molecule has 1 N–H and O–H groups in total. The van der Waals surface area contributed by atoms with Crippen molar-refractivity contribution in [2.45, 2.75) is 64.9 Å². The van der Waals surface area contributed by atoms with Gasteiger partial charge in [-0.05, 0) is 24.8 Å². The molecule has 0 saturated heterocycles. The zero-order chi connectivity index (χ0) is 10.8. The SMILES string of the molecule is C=C=C(CCCCCCC)[C@@H](O)CC. The lowest BCUT2D eigenvalue weighted by molar-refractivity contribution is 0.202. The first kappa shape index (κ1) is 13.5. The quantitative estimate of drug-likeness (QED) is 0.462. The van der Waals surface area contributed by atoms with Crippen LogP contribution >= 0.6 is 0 Å². The van der Waals surface area contributed by atoms with Gasteiger partial charge in [-0.3, -0.25) is 0 Å². The van der Waals surface area contributed by atoms with E-state index in [0.717, 1.165) is 24.8 Å². The second-order valence-electron chi connectivity index (χ2n) is 3.79. The number of hydrogen-bond donors (Lipinski definition) is 1. The van der Waals surface area contributed by atoms with Crippen LogP contribution in [0.2, 0.25) is 0 Å². The Morgan fingerprint density at radius 2 is 1.86 bits per heavy atom. The van der Waals surface area contributed by atoms with Gasteiger partial charge in [-0.15, -0.1) is 5.73 Å². The molecule has 1 nitrogen and oxygen atoms in total. The predicted octanol–water partition coefficient (Wildman–Crippen LogP) is 3.83. The van der Waals surface area contributed by atoms with Gasteiger partial charge in [0.15, 0.2) is 0 Å². The Morgan fingerprint density at radius 1 is 1.21 bits per heavy atom. The lowest BCUT2D eigenvalue weighted by Crippen LogP contribution is -2.07. The number of unbranched alkanes of at least 4 members (excludes halogenated alkanes) is 4. The Hall–Kier alpha value is -0.520. The molecular formula is C13H24O. The normalized spacial score (nSPS) is 12.2. The maximum Gasteiger partial charge on any atom is 0.0820 e. The number of rotatable bonds is 8. The van der Waals surface area contributed by atoms with Gasteiger partial charge in [-0.2, -0.15) is 0 Å². The Balaban J connectivity index is 3.60. The minimum Gasteiger partial charge on any atom is -0.388 e. The smallest absolute Gasteiger partial charge is 0.0820 e. The van der Waals surface area contributed by atoms with E-state index in [2.05, 4.69) is 19.2 Å². The van der Waals surface area contributed by atoms with Crippen LogP contribution in [0.5, 0.6) is 0 Å². The van der Waals surface area contributed by atoms with Crippen molar-refractivity contribution in [3.63, 3.8) is 0 Å². The van der Waals surface area contributed by atoms with E-state index < -0.39 is 0 Å². The van der Waals surface area contributed by atoms with Gasteiger partial charge in [0.2, 0.25) is 0 Å². The fraction of sp³-hybridized carbons (Fsp3) is 0.769. The Kier molecular flexibility index (Phi) is 8.72. The molecule has 0 bridgehead atoms. The first-order valence-electron chi connectivity index (χ1n) is 5.83. The van der Waals surface area contributed by atoms with E-state index >= 15 is 0 Å². The summed E-state index contributed by atoms with van der Waals surface area (Å²) in [6.45, 7) is 7.83. The maximum absolute atomic E-state index is 9.58. The van der Waals surface area contributed by atoms with E-state index in [4.69, 9.17) is 0 Å². The third-order valence-electron chi connectivity index (χ3n) is 2.57. The fourth-order valence-electron chi connectivity index (χ4n) is 1.54. The van der Waals surface area contributed by atoms with Crippen molar-refractivity contribution in [2.24, 2.45) is 0 Å². The summed E-state index contributed by atoms with van der Waals surface area (Å²) in [5, 5.41) is 9.58. The molecule has 0 aromatic carbocycles. The molecule has 0 aliphatic heterocycles. The zero-order valence-electron chi connectivity index (χ0n) is 9.68. The molecule has 14 heavy (non-hydrogen) atoms. The van der Waals surface area contributed by atoms with Crippen molar-refractivity contribution >= 4 is 0 Å². The summed E-state index contributed by atoms with van der Waals surface area (Å²) in [7, 11) is 0. The van der Waals surface area contributed by atoms with Crippen LogP contribution in [0.15, 0.2) is 17.9 Å². The summed E-state index contributed by atoms with van der Waals surface area (Å²) in [5.41, 5.74) is 3.85. The van der Waals surface area contributed by atoms with Gasteiger partial charge in [0.05, 0.1) is 6.10 Å². The summed E-state index contributed by atoms with van der Waals surface area (Å²) in [5.74, 6) is 0. The van der Waals surface area contributed by atoms with Crippen LogP contribution in [0, 0.1) is 0 Å². The minimum atomic E-state index is -0.321. The van der Waals surface area contributed by atoms with E-state index in [-0.39, 0.29) is 6.10 Å². The number of hydrogen-bond acceptors (Lipinski definition) is 1. The van der Waals surface area contributed by atoms with Gasteiger partial charge in [0, 0.05) is 0 Å². The monoisotopic (exact) mass is 196 g/mol. The van der Waals surface area contributed by atoms with Crippen LogP contribution < -0.4 is 0 Å². The molecule has 0 rings (SSSR count). The molecule has 0 aromatic rings. The highest BCUT2D eigenvalue weighted by Gasteiger charge is 2.06. The van der Waals surface area contributed by atoms with Crippen molar-refractivity contribution in [3.8, 4) is 0 Å². The lowest BCUT2D eigenvalue weighted by Gasteiger charge is -2.10. The van der Waals surface area contributed by atoms with Gasteiger partial charge >= 0.3 is 0 Å². The van der Waals surface area contributed by atoms with Gasteiger partial charge in [-0.1, -0.05) is 46.1 Å². The second kappa shape index (κ2) is 9.05. The van der Waals surface area contributed by atoms with Gasteiger partial charge in [0.1, 0.15) is 0 Å². The highest BCUT2D eigenvalue weighted by atomic mass is 16.3. The fourth-order valence-corrected chi connectivity index (χ4v) is 1.54. The largest absolute Gasteiger partial charge is 0.388 e. The highest BCUT2D eigenvalue weighted by Crippen LogP contribution is 2.14. The molecule has 1 atom stereocenters. The average Bonchev–Trinajstić information content (AvgIpc) is 2.22. The second-order valence-corrected chi connectivity index (χ2v) is 3.79. The molecule has 1 heteroatoms. The van der Waals surface area contributed by atoms with Crippen LogP contribution in [-0.2, 0) is 0 Å². The van der Waals surface area contributed by atoms with E-state index in [9.17, 15) is 5.11 Å². The van der Waals surface area contributed by atoms with E-state index in [1.54, 1.807) is 0 Å². The van der Waals surface area contributed by atoms with Crippen molar-refractivity contribution in [1.82, 2.24) is 0 Å². The minimum absolute atomic E-state index is 0.321. The molecule has 0 fully saturated rings. The maximum atomic E-state index is 9.58. The highest BCUT2D eigenvalue weighted by molar-refractivity contribution is 5.04. The summed E-state index contributed by atoms with van der Waals surface area (Å²) in [6.07, 6.45) is 7.74. The van der Waals surface area contributed by atoms with Crippen molar-refractivity contribution < 1.29 is 5.11 Å². The molecule has 0 aliphatic carbocycles.